The molecule has 0 saturated heterocycles. The largest absolute Gasteiger partial charge is 0.417 e. The van der Waals surface area contributed by atoms with Crippen molar-refractivity contribution >= 4 is 0 Å². The third-order valence-corrected chi connectivity index (χ3v) is 3.93. The second-order valence-corrected chi connectivity index (χ2v) is 5.48. The van der Waals surface area contributed by atoms with E-state index in [-0.39, 0.29) is 18.9 Å². The van der Waals surface area contributed by atoms with Crippen LogP contribution in [-0.2, 0) is 6.54 Å². The molecule has 0 aliphatic heterocycles. The van der Waals surface area contributed by atoms with E-state index in [1.807, 2.05) is 24.3 Å². The highest BCUT2D eigenvalue weighted by molar-refractivity contribution is 5.39. The van der Waals surface area contributed by atoms with Gasteiger partial charge in [-0.15, -0.1) is 0 Å². The average Bonchev–Trinajstić information content (AvgIpc) is 2.95. The summed E-state index contributed by atoms with van der Waals surface area (Å²) < 4.78 is 39.3. The van der Waals surface area contributed by atoms with E-state index in [1.54, 1.807) is 11.0 Å². The van der Waals surface area contributed by atoms with Crippen LogP contribution < -0.4 is 5.32 Å². The Morgan fingerprint density at radius 1 is 1.32 bits per heavy atom. The lowest BCUT2D eigenvalue weighted by Crippen LogP contribution is -2.61. The first-order chi connectivity index (χ1) is 10.4. The Morgan fingerprint density at radius 2 is 2.05 bits per heavy atom. The predicted molar refractivity (Wildman–Crippen MR) is 72.2 cm³/mol. The van der Waals surface area contributed by atoms with Crippen molar-refractivity contribution in [3.05, 3.63) is 42.5 Å². The molecule has 1 saturated carbocycles. The maximum absolute atomic E-state index is 12.6. The van der Waals surface area contributed by atoms with Gasteiger partial charge in [0.2, 0.25) is 0 Å². The summed E-state index contributed by atoms with van der Waals surface area (Å²) in [6.45, 7) is 0.397. The number of halogens is 3. The summed E-state index contributed by atoms with van der Waals surface area (Å²) in [6.07, 6.45) is -2.22. The van der Waals surface area contributed by atoms with Crippen molar-refractivity contribution in [1.29, 1.82) is 0 Å². The third-order valence-electron chi connectivity index (χ3n) is 3.93. The van der Waals surface area contributed by atoms with Crippen LogP contribution >= 0.6 is 0 Å². The minimum absolute atomic E-state index is 0.317. The van der Waals surface area contributed by atoms with Gasteiger partial charge in [0.25, 0.3) is 0 Å². The Labute approximate surface area is 124 Å². The zero-order valence-electron chi connectivity index (χ0n) is 11.6. The number of alkyl halides is 3. The molecule has 1 heterocycles. The first kappa shape index (κ1) is 15.0. The minimum Gasteiger partial charge on any atom is -0.380 e. The highest BCUT2D eigenvalue weighted by atomic mass is 19.4. The fraction of sp³-hybridized carbons (Fsp3) is 0.429. The molecule has 0 unspecified atom stereocenters. The van der Waals surface area contributed by atoms with Crippen molar-refractivity contribution in [2.75, 3.05) is 0 Å². The van der Waals surface area contributed by atoms with Gasteiger partial charge >= 0.3 is 6.18 Å². The molecule has 22 heavy (non-hydrogen) atoms. The van der Waals surface area contributed by atoms with Gasteiger partial charge in [-0.25, -0.2) is 9.67 Å². The van der Waals surface area contributed by atoms with Crippen LogP contribution in [0, 0.1) is 0 Å². The number of aromatic nitrogens is 3. The Kier molecular flexibility index (Phi) is 3.65. The van der Waals surface area contributed by atoms with E-state index < -0.39 is 11.8 Å². The molecule has 1 fully saturated rings. The molecule has 0 bridgehead atoms. The number of nitrogens with zero attached hydrogens (tertiary/aromatic N) is 3. The Morgan fingerprint density at radius 3 is 2.68 bits per heavy atom. The van der Waals surface area contributed by atoms with Gasteiger partial charge in [0.05, 0.1) is 5.69 Å². The van der Waals surface area contributed by atoms with E-state index in [1.165, 1.54) is 6.33 Å². The average molecular weight is 312 g/mol. The van der Waals surface area contributed by atoms with Crippen molar-refractivity contribution in [1.82, 2.24) is 20.1 Å². The molecule has 0 spiro atoms. The molecule has 1 aromatic carbocycles. The van der Waals surface area contributed by atoms with E-state index in [2.05, 4.69) is 15.4 Å². The predicted octanol–water partition coefficient (Wildman–Crippen LogP) is 1.81. The SMILES string of the molecule is OC1(C(F)(F)F)CC(NCc2ccccc2-n2cncn2)C1. The van der Waals surface area contributed by atoms with Gasteiger partial charge in [-0.2, -0.15) is 18.3 Å². The summed E-state index contributed by atoms with van der Waals surface area (Å²) in [4.78, 5) is 3.88. The van der Waals surface area contributed by atoms with E-state index >= 15 is 0 Å². The number of aliphatic hydroxyl groups is 1. The third kappa shape index (κ3) is 2.71. The highest BCUT2D eigenvalue weighted by Gasteiger charge is 2.61. The topological polar surface area (TPSA) is 63.0 Å². The molecule has 3 rings (SSSR count). The zero-order valence-corrected chi connectivity index (χ0v) is 11.6. The maximum Gasteiger partial charge on any atom is 0.417 e. The van der Waals surface area contributed by atoms with Crippen LogP contribution in [0.2, 0.25) is 0 Å². The van der Waals surface area contributed by atoms with E-state index in [0.29, 0.717) is 6.54 Å². The number of nitrogens with one attached hydrogen (secondary N) is 1. The number of para-hydroxylation sites is 1. The lowest BCUT2D eigenvalue weighted by atomic mass is 9.75. The van der Waals surface area contributed by atoms with Gasteiger partial charge in [0.1, 0.15) is 12.7 Å². The summed E-state index contributed by atoms with van der Waals surface area (Å²) in [6, 6.07) is 7.09. The van der Waals surface area contributed by atoms with Crippen LogP contribution in [0.25, 0.3) is 5.69 Å². The van der Waals surface area contributed by atoms with Gasteiger partial charge < -0.3 is 10.4 Å². The second-order valence-electron chi connectivity index (χ2n) is 5.48. The molecule has 2 N–H and O–H groups in total. The van der Waals surface area contributed by atoms with Crippen molar-refractivity contribution in [3.8, 4) is 5.69 Å². The molecule has 0 amide bonds. The lowest BCUT2D eigenvalue weighted by molar-refractivity contribution is -0.292. The molecule has 8 heteroatoms. The van der Waals surface area contributed by atoms with Crippen LogP contribution in [0.5, 0.6) is 0 Å². The van der Waals surface area contributed by atoms with Gasteiger partial charge in [-0.1, -0.05) is 18.2 Å². The molecular weight excluding hydrogens is 297 g/mol. The van der Waals surface area contributed by atoms with E-state index in [4.69, 9.17) is 0 Å². The first-order valence-corrected chi connectivity index (χ1v) is 6.84. The van der Waals surface area contributed by atoms with Gasteiger partial charge in [0.15, 0.2) is 5.60 Å². The zero-order chi connectivity index (χ0) is 15.8. The van der Waals surface area contributed by atoms with Crippen LogP contribution in [0.15, 0.2) is 36.9 Å². The van der Waals surface area contributed by atoms with Crippen LogP contribution in [-0.4, -0.2) is 37.7 Å². The summed E-state index contributed by atoms with van der Waals surface area (Å²) in [5.41, 5.74) is -0.829. The van der Waals surface area contributed by atoms with Crippen molar-refractivity contribution < 1.29 is 18.3 Å². The van der Waals surface area contributed by atoms with Gasteiger partial charge in [-0.3, -0.25) is 0 Å². The molecule has 1 aromatic heterocycles. The summed E-state index contributed by atoms with van der Waals surface area (Å²) in [5.74, 6) is 0. The lowest BCUT2D eigenvalue weighted by Gasteiger charge is -2.44. The van der Waals surface area contributed by atoms with E-state index in [9.17, 15) is 18.3 Å². The van der Waals surface area contributed by atoms with Crippen LogP contribution in [0.4, 0.5) is 13.2 Å². The minimum atomic E-state index is -4.57. The molecule has 1 aliphatic rings. The Balaban J connectivity index is 1.63. The van der Waals surface area contributed by atoms with Crippen LogP contribution in [0.3, 0.4) is 0 Å². The number of benzene rings is 1. The fourth-order valence-corrected chi connectivity index (χ4v) is 2.60. The molecule has 118 valence electrons. The second kappa shape index (κ2) is 5.36. The fourth-order valence-electron chi connectivity index (χ4n) is 2.60. The van der Waals surface area contributed by atoms with Crippen molar-refractivity contribution in [3.63, 3.8) is 0 Å². The molecule has 2 aromatic rings. The number of hydrogen-bond donors (Lipinski definition) is 2. The molecular formula is C14H15F3N4O. The van der Waals surface area contributed by atoms with Gasteiger partial charge in [0, 0.05) is 25.4 Å². The van der Waals surface area contributed by atoms with E-state index in [0.717, 1.165) is 11.3 Å². The van der Waals surface area contributed by atoms with Crippen molar-refractivity contribution in [2.24, 2.45) is 0 Å². The molecule has 5 nitrogen and oxygen atoms in total. The summed E-state index contributed by atoms with van der Waals surface area (Å²) in [5, 5.41) is 16.5. The Bertz CT molecular complexity index is 636. The molecule has 0 atom stereocenters. The Hall–Kier alpha value is -1.93. The standard InChI is InChI=1S/C14H15F3N4O/c15-14(16,17)13(22)5-11(6-13)19-7-10-3-1-2-4-12(10)21-9-18-8-20-21/h1-4,8-9,11,19,22H,5-7H2. The summed E-state index contributed by atoms with van der Waals surface area (Å²) in [7, 11) is 0. The van der Waals surface area contributed by atoms with Crippen molar-refractivity contribution in [2.45, 2.75) is 37.2 Å². The maximum atomic E-state index is 12.6. The monoisotopic (exact) mass is 312 g/mol. The normalized spacial score (nSPS) is 25.0. The number of hydrogen-bond acceptors (Lipinski definition) is 4. The quantitative estimate of drug-likeness (QED) is 0.904. The molecule has 1 aliphatic carbocycles. The molecule has 0 radical (unpaired) electrons. The van der Waals surface area contributed by atoms with Gasteiger partial charge in [-0.05, 0) is 11.6 Å². The number of rotatable bonds is 4. The first-order valence-electron chi connectivity index (χ1n) is 6.84. The summed E-state index contributed by atoms with van der Waals surface area (Å²) >= 11 is 0. The smallest absolute Gasteiger partial charge is 0.380 e. The highest BCUT2D eigenvalue weighted by Crippen LogP contribution is 2.45. The van der Waals surface area contributed by atoms with Crippen LogP contribution in [0.1, 0.15) is 18.4 Å².